The quantitative estimate of drug-likeness (QED) is 0.0159. The van der Waals surface area contributed by atoms with Crippen molar-refractivity contribution in [1.82, 2.24) is 57.5 Å². The zero-order valence-corrected chi connectivity index (χ0v) is 71.0. The molecule has 2 aliphatic rings. The average molecular weight is 1690 g/mol. The van der Waals surface area contributed by atoms with Gasteiger partial charge in [0.05, 0.1) is 12.1 Å². The van der Waals surface area contributed by atoms with Gasteiger partial charge in [0.1, 0.15) is 66.6 Å². The van der Waals surface area contributed by atoms with Crippen LogP contribution in [-0.4, -0.2) is 153 Å². The number of carbonyl (C=O) groups is 11. The minimum Gasteiger partial charge on any atom is -0.482 e. The zero-order chi connectivity index (χ0) is 88.5. The Labute approximate surface area is 725 Å². The van der Waals surface area contributed by atoms with Crippen molar-refractivity contribution < 1.29 is 72.1 Å². The van der Waals surface area contributed by atoms with Crippen LogP contribution in [0.2, 0.25) is 0 Å². The number of hydrogen-bond acceptors (Lipinski definition) is 15. The normalized spacial score (nSPS) is 14.1. The van der Waals surface area contributed by atoms with Crippen molar-refractivity contribution in [3.63, 3.8) is 0 Å². The van der Waals surface area contributed by atoms with Gasteiger partial charge < -0.3 is 71.8 Å². The fourth-order valence-electron chi connectivity index (χ4n) is 16.5. The lowest BCUT2D eigenvalue weighted by Crippen LogP contribution is -2.59. The summed E-state index contributed by atoms with van der Waals surface area (Å²) in [5.41, 5.74) is 11.3. The summed E-state index contributed by atoms with van der Waals surface area (Å²) in [7, 11) is 0. The van der Waals surface area contributed by atoms with E-state index in [0.717, 1.165) is 78.4 Å². The molecule has 0 fully saturated rings. The maximum Gasteiger partial charge on any atom is 0.407 e. The molecule has 0 bridgehead atoms. The smallest absolute Gasteiger partial charge is 0.407 e. The van der Waals surface area contributed by atoms with Crippen LogP contribution >= 0.6 is 0 Å². The van der Waals surface area contributed by atoms with E-state index in [9.17, 15) is 38.7 Å². The van der Waals surface area contributed by atoms with E-state index in [1.165, 1.54) is 0 Å². The molecule has 8 atom stereocenters. The number of Topliss-reactive ketones (excluding diaryl/α,β-unsaturated/α-hetero) is 2. The fourth-order valence-corrected chi connectivity index (χ4v) is 16.5. The number of fused-ring (bicyclic) bond motifs is 8. The minimum absolute atomic E-state index is 0.0222. The molecule has 26 nitrogen and oxygen atoms in total. The van der Waals surface area contributed by atoms with Crippen LogP contribution in [-0.2, 0) is 68.7 Å². The molecular formula is C99H105N11O15. The van der Waals surface area contributed by atoms with Crippen LogP contribution in [0.3, 0.4) is 0 Å². The van der Waals surface area contributed by atoms with E-state index in [-0.39, 0.29) is 81.2 Å². The molecule has 11 aromatic rings. The third kappa shape index (κ3) is 22.1. The van der Waals surface area contributed by atoms with Crippen molar-refractivity contribution >= 4 is 87.0 Å². The summed E-state index contributed by atoms with van der Waals surface area (Å²) < 4.78 is 17.6. The van der Waals surface area contributed by atoms with E-state index in [1.54, 1.807) is 101 Å². The summed E-state index contributed by atoms with van der Waals surface area (Å²) >= 11 is 0. The van der Waals surface area contributed by atoms with Crippen molar-refractivity contribution in [2.45, 2.75) is 154 Å². The summed E-state index contributed by atoms with van der Waals surface area (Å²) in [5.74, 6) is -10.4. The van der Waals surface area contributed by atoms with Gasteiger partial charge in [-0.15, -0.1) is 0 Å². The summed E-state index contributed by atoms with van der Waals surface area (Å²) in [6, 6.07) is 55.2. The Morgan fingerprint density at radius 1 is 0.368 bits per heavy atom. The van der Waals surface area contributed by atoms with E-state index >= 15 is 19.2 Å². The number of amides is 8. The van der Waals surface area contributed by atoms with Gasteiger partial charge in [-0.1, -0.05) is 250 Å². The number of carbonyl (C=O) groups excluding carboxylic acids is 10. The van der Waals surface area contributed by atoms with Gasteiger partial charge in [-0.3, -0.25) is 38.4 Å². The van der Waals surface area contributed by atoms with Crippen molar-refractivity contribution in [2.24, 2.45) is 23.7 Å². The number of benzene rings is 8. The molecule has 0 spiro atoms. The van der Waals surface area contributed by atoms with Gasteiger partial charge in [-0.05, 0) is 115 Å². The van der Waals surface area contributed by atoms with Gasteiger partial charge >= 0.3 is 18.2 Å². The molecule has 0 unspecified atom stereocenters. The van der Waals surface area contributed by atoms with E-state index in [4.69, 9.17) is 14.2 Å². The second-order valence-corrected chi connectivity index (χ2v) is 33.5. The number of H-pyrrole nitrogens is 2. The van der Waals surface area contributed by atoms with Gasteiger partial charge in [0.2, 0.25) is 47.0 Å². The number of carboxylic acid groups (broad SMARTS) is 1. The van der Waals surface area contributed by atoms with Gasteiger partial charge in [0.25, 0.3) is 0 Å². The van der Waals surface area contributed by atoms with Crippen LogP contribution in [0.25, 0.3) is 44.1 Å². The molecular weight excluding hydrogens is 1580 g/mol. The molecule has 8 aromatic carbocycles. The molecule has 3 heterocycles. The number of hydrogen-bond donors (Lipinski definition) is 11. The molecule has 8 amide bonds. The Morgan fingerprint density at radius 2 is 0.696 bits per heavy atom. The zero-order valence-electron chi connectivity index (χ0n) is 71.0. The number of nitrogens with one attached hydrogen (secondary N) is 10. The Balaban J connectivity index is 0.725. The van der Waals surface area contributed by atoms with Crippen LogP contribution in [0.4, 0.5) is 9.59 Å². The second kappa shape index (κ2) is 40.8. The van der Waals surface area contributed by atoms with Crippen molar-refractivity contribution in [3.05, 3.63) is 287 Å². The van der Waals surface area contributed by atoms with Crippen LogP contribution in [0.5, 0.6) is 5.75 Å². The average Bonchev–Trinajstić information content (AvgIpc) is 1.59. The highest BCUT2D eigenvalue weighted by molar-refractivity contribution is 6.06. The van der Waals surface area contributed by atoms with Gasteiger partial charge in [0, 0.05) is 83.9 Å². The van der Waals surface area contributed by atoms with Crippen LogP contribution in [0.15, 0.2) is 231 Å². The van der Waals surface area contributed by atoms with E-state index < -0.39 is 143 Å². The first kappa shape index (κ1) is 88.7. The maximum absolute atomic E-state index is 15.6. The molecule has 13 rings (SSSR count). The standard InChI is InChI=1S/C99H105N11O15/c1-56(2)43-83(105-92(115)85(47-62-51-100-77-41-25-23-31-65(62)77)107-98(121)124-53-75-71-37-19-15-33-67(71)68-34-16-20-38-72(68)75)94(117)109-88(58(5)6)96(119)103-79(45-60-27-11-9-12-28-60)90(113)81-49-64(123-55-87(111)112)50-82(102-81)91(114)80(46-61-29-13-10-14-30-61)104-97(120)89(59(7)8)110-95(118)84(44-57(3)4)106-93(116)86(48-63-52-101-78-42-26-24-32-66(63)78)108-99(122)125-54-76-73-39-21-17-35-69(73)70-36-18-22-40-74(70)76/h9-42,49-52,56-59,75-76,79-80,83-86,88-89,100-101H,43-48,53-55H2,1-8H3,(H,103,119)(H,104,120)(H,105,115)(H,106,116)(H,107,121)(H,108,122)(H,109,117)(H,110,118)(H,111,112)/t79-,80-,83-,84-,85-,86-,88-,89-/m0/s1. The third-order valence-corrected chi connectivity index (χ3v) is 22.8. The SMILES string of the molecule is CC(C)C[C@H](NC(=O)[C@H](Cc1c[nH]c2ccccc12)NC(=O)OCC1c2ccccc2-c2ccccc21)C(=O)N[C@H](C(=O)N[C@@H](Cc1ccccc1)C(=O)c1cc(OCC(=O)O)cc(C(=O)[C@H](Cc2ccccc2)NC(=O)[C@@H](NC(=O)[C@H](CC(C)C)NC(=O)[C@H](Cc2c[nH]c3ccccc23)NC(=O)OCC2c3ccccc3-c3ccccc32)C(C)C)n1)C(C)C. The highest BCUT2D eigenvalue weighted by Gasteiger charge is 2.40. The number of aromatic amines is 2. The maximum atomic E-state index is 15.6. The number of ketones is 2. The first-order valence-corrected chi connectivity index (χ1v) is 42.4. The first-order valence-electron chi connectivity index (χ1n) is 42.4. The van der Waals surface area contributed by atoms with E-state index in [0.29, 0.717) is 22.3 Å². The number of ether oxygens (including phenoxy) is 3. The predicted octanol–water partition coefficient (Wildman–Crippen LogP) is 13.0. The molecule has 646 valence electrons. The van der Waals surface area contributed by atoms with Crippen LogP contribution in [0, 0.1) is 23.7 Å². The van der Waals surface area contributed by atoms with Crippen LogP contribution in [0.1, 0.15) is 146 Å². The molecule has 26 heteroatoms. The first-order chi connectivity index (χ1) is 60.2. The number of aromatic nitrogens is 3. The van der Waals surface area contributed by atoms with E-state index in [2.05, 4.69) is 57.5 Å². The molecule has 11 N–H and O–H groups in total. The number of para-hydroxylation sites is 2. The summed E-state index contributed by atoms with van der Waals surface area (Å²) in [4.78, 5) is 173. The Hall–Kier alpha value is -14.0. The lowest BCUT2D eigenvalue weighted by Gasteiger charge is -2.29. The number of rotatable bonds is 39. The van der Waals surface area contributed by atoms with Gasteiger partial charge in [-0.2, -0.15) is 0 Å². The number of aliphatic carboxylic acids is 1. The molecule has 0 saturated heterocycles. The Morgan fingerprint density at radius 3 is 1.05 bits per heavy atom. The van der Waals surface area contributed by atoms with E-state index in [1.807, 2.05) is 173 Å². The highest BCUT2D eigenvalue weighted by atomic mass is 16.6. The summed E-state index contributed by atoms with van der Waals surface area (Å²) in [6.07, 6.45) is 1.51. The molecule has 0 radical (unpaired) electrons. The predicted molar refractivity (Wildman–Crippen MR) is 474 cm³/mol. The third-order valence-electron chi connectivity index (χ3n) is 22.8. The van der Waals surface area contributed by atoms with Crippen LogP contribution < -0.4 is 47.3 Å². The largest absolute Gasteiger partial charge is 0.482 e. The molecule has 125 heavy (non-hydrogen) atoms. The van der Waals surface area contributed by atoms with Gasteiger partial charge in [-0.25, -0.2) is 19.4 Å². The second-order valence-electron chi connectivity index (χ2n) is 33.5. The topological polar surface area (TPSA) is 376 Å². The lowest BCUT2D eigenvalue weighted by molar-refractivity contribution is -0.139. The molecule has 0 aliphatic heterocycles. The summed E-state index contributed by atoms with van der Waals surface area (Å²) in [6.45, 7) is 13.1. The Bertz CT molecular complexity index is 5340. The Kier molecular flexibility index (Phi) is 28.9. The lowest BCUT2D eigenvalue weighted by atomic mass is 9.96. The highest BCUT2D eigenvalue weighted by Crippen LogP contribution is 2.46. The van der Waals surface area contributed by atoms with Crippen molar-refractivity contribution in [2.75, 3.05) is 19.8 Å². The summed E-state index contributed by atoms with van der Waals surface area (Å²) in [5, 5.41) is 34.4. The molecule has 2 aliphatic carbocycles. The minimum atomic E-state index is -1.52. The molecule has 0 saturated carbocycles. The monoisotopic (exact) mass is 1690 g/mol. The number of carboxylic acids is 1. The fraction of sp³-hybridized carbons (Fsp3) is 0.313. The number of alkyl carbamates (subject to hydrolysis) is 2. The number of nitrogens with zero attached hydrogens (tertiary/aromatic N) is 1. The van der Waals surface area contributed by atoms with Gasteiger partial charge in [0.15, 0.2) is 6.61 Å². The van der Waals surface area contributed by atoms with Crippen molar-refractivity contribution in [1.29, 1.82) is 0 Å². The number of pyridine rings is 1. The van der Waals surface area contributed by atoms with Crippen molar-refractivity contribution in [3.8, 4) is 28.0 Å². The molecule has 3 aromatic heterocycles.